The zero-order chi connectivity index (χ0) is 19.2. The lowest BCUT2D eigenvalue weighted by molar-refractivity contribution is -0.148. The van der Waals surface area contributed by atoms with Crippen LogP contribution in [0, 0.1) is 5.92 Å². The number of hydrogen-bond donors (Lipinski definition) is 0. The Morgan fingerprint density at radius 1 is 1.08 bits per heavy atom. The van der Waals surface area contributed by atoms with Gasteiger partial charge in [-0.1, -0.05) is 18.2 Å². The predicted molar refractivity (Wildman–Crippen MR) is 102 cm³/mol. The van der Waals surface area contributed by atoms with Gasteiger partial charge in [0.1, 0.15) is 5.60 Å². The van der Waals surface area contributed by atoms with Crippen molar-refractivity contribution in [1.29, 1.82) is 0 Å². The van der Waals surface area contributed by atoms with E-state index in [2.05, 4.69) is 0 Å². The van der Waals surface area contributed by atoms with Gasteiger partial charge in [0, 0.05) is 6.08 Å². The van der Waals surface area contributed by atoms with E-state index in [1.165, 1.54) is 5.56 Å². The molecule has 0 unspecified atom stereocenters. The summed E-state index contributed by atoms with van der Waals surface area (Å²) in [7, 11) is 0. The average Bonchev–Trinajstić information content (AvgIpc) is 2.59. The largest absolute Gasteiger partial charge is 0.462 e. The number of rotatable bonds is 5. The van der Waals surface area contributed by atoms with Gasteiger partial charge in [-0.3, -0.25) is 0 Å². The van der Waals surface area contributed by atoms with E-state index in [9.17, 15) is 9.59 Å². The maximum atomic E-state index is 11.8. The Balaban J connectivity index is 1.84. The Labute approximate surface area is 156 Å². The van der Waals surface area contributed by atoms with Crippen LogP contribution < -0.4 is 0 Å². The minimum atomic E-state index is -0.450. The van der Waals surface area contributed by atoms with Crippen molar-refractivity contribution in [3.05, 3.63) is 47.5 Å². The van der Waals surface area contributed by atoms with Crippen LogP contribution in [0.2, 0.25) is 0 Å². The molecule has 1 fully saturated rings. The summed E-state index contributed by atoms with van der Waals surface area (Å²) in [6, 6.07) is 7.77. The number of allylic oxidation sites excluding steroid dienone is 1. The summed E-state index contributed by atoms with van der Waals surface area (Å²) in [6.45, 7) is 7.81. The first-order valence-electron chi connectivity index (χ1n) is 9.46. The van der Waals surface area contributed by atoms with Gasteiger partial charge in [0.2, 0.25) is 0 Å². The molecule has 0 radical (unpaired) electrons. The maximum absolute atomic E-state index is 11.8. The number of carbonyl (C=O) groups excluding carboxylic acids is 2. The Morgan fingerprint density at radius 2 is 1.69 bits per heavy atom. The molecule has 4 heteroatoms. The number of esters is 2. The van der Waals surface area contributed by atoms with Gasteiger partial charge in [-0.25, -0.2) is 9.59 Å². The Morgan fingerprint density at radius 3 is 2.23 bits per heavy atom. The molecule has 1 aliphatic carbocycles. The number of hydrogen-bond acceptors (Lipinski definition) is 4. The quantitative estimate of drug-likeness (QED) is 0.547. The van der Waals surface area contributed by atoms with Gasteiger partial charge in [0.15, 0.2) is 0 Å². The first-order chi connectivity index (χ1) is 12.3. The summed E-state index contributed by atoms with van der Waals surface area (Å²) in [4.78, 5) is 23.5. The van der Waals surface area contributed by atoms with Crippen LogP contribution in [0.25, 0.3) is 0 Å². The standard InChI is InChI=1S/C22H30O4/c1-5-25-21(24)19-13-11-18(12-14-19)17-9-6-16(7-10-17)8-15-20(23)26-22(2,3)4/h8,11-17H,5-7,9-10H2,1-4H3/t16-,17-. The monoisotopic (exact) mass is 358 g/mol. The van der Waals surface area contributed by atoms with Gasteiger partial charge in [-0.2, -0.15) is 0 Å². The minimum absolute atomic E-state index is 0.268. The predicted octanol–water partition coefficient (Wildman–Crippen LogP) is 5.04. The molecule has 0 aliphatic heterocycles. The molecule has 0 aromatic heterocycles. The first-order valence-corrected chi connectivity index (χ1v) is 9.46. The van der Waals surface area contributed by atoms with Crippen molar-refractivity contribution in [1.82, 2.24) is 0 Å². The van der Waals surface area contributed by atoms with Crippen LogP contribution in [0.15, 0.2) is 36.4 Å². The molecule has 0 N–H and O–H groups in total. The van der Waals surface area contributed by atoms with Crippen molar-refractivity contribution in [2.45, 2.75) is 64.9 Å². The van der Waals surface area contributed by atoms with E-state index in [0.717, 1.165) is 25.7 Å². The van der Waals surface area contributed by atoms with Gasteiger partial charge in [-0.05, 0) is 82.9 Å². The molecule has 142 valence electrons. The van der Waals surface area contributed by atoms with E-state index in [-0.39, 0.29) is 11.9 Å². The summed E-state index contributed by atoms with van der Waals surface area (Å²) in [5, 5.41) is 0. The minimum Gasteiger partial charge on any atom is -0.462 e. The van der Waals surface area contributed by atoms with Gasteiger partial charge in [-0.15, -0.1) is 0 Å². The second-order valence-corrected chi connectivity index (χ2v) is 7.85. The normalized spacial score (nSPS) is 20.8. The fourth-order valence-corrected chi connectivity index (χ4v) is 3.30. The van der Waals surface area contributed by atoms with Crippen LogP contribution in [0.1, 0.15) is 75.2 Å². The molecule has 0 saturated heterocycles. The summed E-state index contributed by atoms with van der Waals surface area (Å²) in [6.07, 6.45) is 7.86. The molecule has 0 spiro atoms. The summed E-state index contributed by atoms with van der Waals surface area (Å²) >= 11 is 0. The van der Waals surface area contributed by atoms with E-state index < -0.39 is 5.60 Å². The van der Waals surface area contributed by atoms with Crippen LogP contribution >= 0.6 is 0 Å². The number of benzene rings is 1. The van der Waals surface area contributed by atoms with Crippen LogP contribution in [0.4, 0.5) is 0 Å². The highest BCUT2D eigenvalue weighted by atomic mass is 16.6. The van der Waals surface area contributed by atoms with Gasteiger partial charge >= 0.3 is 11.9 Å². The maximum Gasteiger partial charge on any atom is 0.338 e. The SMILES string of the molecule is CCOC(=O)c1ccc([C@H]2CC[C@H](C=CC(=O)OC(C)(C)C)CC2)cc1. The topological polar surface area (TPSA) is 52.6 Å². The summed E-state index contributed by atoms with van der Waals surface area (Å²) in [5.74, 6) is 0.402. The molecule has 26 heavy (non-hydrogen) atoms. The van der Waals surface area contributed by atoms with Crippen molar-refractivity contribution in [2.75, 3.05) is 6.61 Å². The molecule has 0 atom stereocenters. The molecule has 0 bridgehead atoms. The van der Waals surface area contributed by atoms with Crippen molar-refractivity contribution in [3.8, 4) is 0 Å². The van der Waals surface area contributed by atoms with E-state index in [0.29, 0.717) is 24.0 Å². The van der Waals surface area contributed by atoms with Gasteiger partial charge < -0.3 is 9.47 Å². The van der Waals surface area contributed by atoms with Crippen molar-refractivity contribution in [3.63, 3.8) is 0 Å². The lowest BCUT2D eigenvalue weighted by atomic mass is 9.78. The molecule has 1 aromatic carbocycles. The van der Waals surface area contributed by atoms with Crippen LogP contribution in [-0.2, 0) is 14.3 Å². The highest BCUT2D eigenvalue weighted by Crippen LogP contribution is 2.36. The van der Waals surface area contributed by atoms with Crippen molar-refractivity contribution < 1.29 is 19.1 Å². The number of carbonyl (C=O) groups is 2. The fourth-order valence-electron chi connectivity index (χ4n) is 3.30. The molecule has 0 amide bonds. The Bertz CT molecular complexity index is 629. The van der Waals surface area contributed by atoms with Crippen LogP contribution in [0.3, 0.4) is 0 Å². The molecule has 1 aromatic rings. The zero-order valence-corrected chi connectivity index (χ0v) is 16.3. The van der Waals surface area contributed by atoms with E-state index in [1.807, 2.05) is 58.0 Å². The highest BCUT2D eigenvalue weighted by Gasteiger charge is 2.22. The molecule has 0 heterocycles. The third-order valence-electron chi connectivity index (χ3n) is 4.58. The van der Waals surface area contributed by atoms with Crippen LogP contribution in [-0.4, -0.2) is 24.1 Å². The van der Waals surface area contributed by atoms with Crippen LogP contribution in [0.5, 0.6) is 0 Å². The number of ether oxygens (including phenoxy) is 2. The van der Waals surface area contributed by atoms with Gasteiger partial charge in [0.05, 0.1) is 12.2 Å². The van der Waals surface area contributed by atoms with Gasteiger partial charge in [0.25, 0.3) is 0 Å². The molecule has 2 rings (SSSR count). The van der Waals surface area contributed by atoms with E-state index in [4.69, 9.17) is 9.47 Å². The lowest BCUT2D eigenvalue weighted by Gasteiger charge is -2.27. The molecular formula is C22H30O4. The lowest BCUT2D eigenvalue weighted by Crippen LogP contribution is -2.22. The molecule has 1 aliphatic rings. The highest BCUT2D eigenvalue weighted by molar-refractivity contribution is 5.89. The average molecular weight is 358 g/mol. The molecule has 4 nitrogen and oxygen atoms in total. The molecule has 1 saturated carbocycles. The zero-order valence-electron chi connectivity index (χ0n) is 16.3. The Kier molecular flexibility index (Phi) is 7.01. The van der Waals surface area contributed by atoms with E-state index in [1.54, 1.807) is 6.08 Å². The molecular weight excluding hydrogens is 328 g/mol. The summed E-state index contributed by atoms with van der Waals surface area (Å²) < 4.78 is 10.3. The second kappa shape index (κ2) is 9.02. The first kappa shape index (κ1) is 20.2. The third kappa shape index (κ3) is 6.32. The fraction of sp³-hybridized carbons (Fsp3) is 0.545. The summed E-state index contributed by atoms with van der Waals surface area (Å²) in [5.41, 5.74) is 1.42. The van der Waals surface area contributed by atoms with E-state index >= 15 is 0 Å². The second-order valence-electron chi connectivity index (χ2n) is 7.85. The Hall–Kier alpha value is -2.10. The smallest absolute Gasteiger partial charge is 0.338 e. The van der Waals surface area contributed by atoms with Crippen molar-refractivity contribution in [2.24, 2.45) is 5.92 Å². The van der Waals surface area contributed by atoms with Crippen molar-refractivity contribution >= 4 is 11.9 Å². The third-order valence-corrected chi connectivity index (χ3v) is 4.58.